The molecule has 1 atom stereocenters. The lowest BCUT2D eigenvalue weighted by Crippen LogP contribution is -2.26. The third-order valence-corrected chi connectivity index (χ3v) is 4.11. The van der Waals surface area contributed by atoms with E-state index in [1.165, 1.54) is 6.26 Å². The number of hydrogen-bond acceptors (Lipinski definition) is 5. The van der Waals surface area contributed by atoms with Crippen LogP contribution in [-0.2, 0) is 6.54 Å². The van der Waals surface area contributed by atoms with E-state index in [1.54, 1.807) is 13.2 Å². The van der Waals surface area contributed by atoms with Gasteiger partial charge in [0.15, 0.2) is 11.5 Å². The van der Waals surface area contributed by atoms with Crippen molar-refractivity contribution in [2.24, 2.45) is 11.7 Å². The maximum atomic E-state index is 12.3. The van der Waals surface area contributed by atoms with Crippen molar-refractivity contribution < 1.29 is 18.7 Å². The number of benzene rings is 1. The summed E-state index contributed by atoms with van der Waals surface area (Å²) in [7, 11) is 1.61. The predicted molar refractivity (Wildman–Crippen MR) is 100 cm³/mol. The van der Waals surface area contributed by atoms with E-state index in [1.807, 2.05) is 25.1 Å². The lowest BCUT2D eigenvalue weighted by molar-refractivity contribution is 0.0939. The van der Waals surface area contributed by atoms with Gasteiger partial charge in [0.1, 0.15) is 12.0 Å². The summed E-state index contributed by atoms with van der Waals surface area (Å²) >= 11 is 0. The molecule has 142 valence electrons. The van der Waals surface area contributed by atoms with Gasteiger partial charge in [0.05, 0.1) is 31.9 Å². The Balaban J connectivity index is 2.03. The fourth-order valence-electron chi connectivity index (χ4n) is 2.45. The average molecular weight is 360 g/mol. The van der Waals surface area contributed by atoms with Crippen LogP contribution >= 0.6 is 0 Å². The SMILES string of the molecule is COc1cc(C(C)NC(=O)c2coc(CN)c2)ccc1OCCC(C)C. The zero-order valence-electron chi connectivity index (χ0n) is 15.9. The molecule has 0 aliphatic carbocycles. The van der Waals surface area contributed by atoms with E-state index in [-0.39, 0.29) is 18.5 Å². The van der Waals surface area contributed by atoms with Gasteiger partial charge in [0.25, 0.3) is 5.91 Å². The second-order valence-electron chi connectivity index (χ2n) is 6.64. The number of rotatable bonds is 9. The summed E-state index contributed by atoms with van der Waals surface area (Å²) in [6.07, 6.45) is 2.39. The number of methoxy groups -OCH3 is 1. The molecule has 0 aliphatic rings. The number of carbonyl (C=O) groups excluding carboxylic acids is 1. The molecule has 1 amide bonds. The minimum absolute atomic E-state index is 0.197. The van der Waals surface area contributed by atoms with Crippen LogP contribution in [0.2, 0.25) is 0 Å². The molecule has 6 nitrogen and oxygen atoms in total. The Morgan fingerprint density at radius 2 is 2.00 bits per heavy atom. The lowest BCUT2D eigenvalue weighted by atomic mass is 10.1. The summed E-state index contributed by atoms with van der Waals surface area (Å²) in [5.74, 6) is 2.31. The van der Waals surface area contributed by atoms with Crippen molar-refractivity contribution >= 4 is 5.91 Å². The number of ether oxygens (including phenoxy) is 2. The fraction of sp³-hybridized carbons (Fsp3) is 0.450. The van der Waals surface area contributed by atoms with E-state index in [9.17, 15) is 4.79 Å². The van der Waals surface area contributed by atoms with Crippen molar-refractivity contribution in [3.63, 3.8) is 0 Å². The van der Waals surface area contributed by atoms with Crippen LogP contribution in [0.4, 0.5) is 0 Å². The maximum Gasteiger partial charge on any atom is 0.255 e. The van der Waals surface area contributed by atoms with Crippen LogP contribution in [0.5, 0.6) is 11.5 Å². The maximum absolute atomic E-state index is 12.3. The van der Waals surface area contributed by atoms with Gasteiger partial charge in [0, 0.05) is 0 Å². The first kappa shape index (κ1) is 19.8. The summed E-state index contributed by atoms with van der Waals surface area (Å²) in [6.45, 7) is 7.13. The standard InChI is InChI=1S/C20H28N2O4/c1-13(2)7-8-25-18-6-5-15(10-19(18)24-4)14(3)22-20(23)16-9-17(11-21)26-12-16/h5-6,9-10,12-14H,7-8,11,21H2,1-4H3,(H,22,23). The van der Waals surface area contributed by atoms with E-state index >= 15 is 0 Å². The molecule has 6 heteroatoms. The van der Waals surface area contributed by atoms with Crippen LogP contribution in [0, 0.1) is 5.92 Å². The molecule has 0 saturated carbocycles. The van der Waals surface area contributed by atoms with E-state index in [0.717, 1.165) is 12.0 Å². The van der Waals surface area contributed by atoms with Gasteiger partial charge in [-0.15, -0.1) is 0 Å². The Hall–Kier alpha value is -2.47. The van der Waals surface area contributed by atoms with Gasteiger partial charge in [-0.3, -0.25) is 4.79 Å². The molecule has 0 radical (unpaired) electrons. The van der Waals surface area contributed by atoms with Crippen LogP contribution in [0.3, 0.4) is 0 Å². The molecule has 2 rings (SSSR count). The monoisotopic (exact) mass is 360 g/mol. The quantitative estimate of drug-likeness (QED) is 0.712. The number of furan rings is 1. The Kier molecular flexibility index (Phi) is 7.09. The molecular formula is C20H28N2O4. The molecule has 26 heavy (non-hydrogen) atoms. The van der Waals surface area contributed by atoms with E-state index in [0.29, 0.717) is 35.3 Å². The predicted octanol–water partition coefficient (Wildman–Crippen LogP) is 3.66. The van der Waals surface area contributed by atoms with E-state index < -0.39 is 0 Å². The molecule has 1 heterocycles. The van der Waals surface area contributed by atoms with Gasteiger partial charge in [0.2, 0.25) is 0 Å². The van der Waals surface area contributed by atoms with Crippen LogP contribution in [0.25, 0.3) is 0 Å². The van der Waals surface area contributed by atoms with E-state index in [4.69, 9.17) is 19.6 Å². The van der Waals surface area contributed by atoms with Crippen LogP contribution in [-0.4, -0.2) is 19.6 Å². The molecule has 0 aliphatic heterocycles. The zero-order chi connectivity index (χ0) is 19.1. The number of carbonyl (C=O) groups is 1. The van der Waals surface area contributed by atoms with Crippen LogP contribution in [0.15, 0.2) is 34.9 Å². The molecule has 2 aromatic rings. The highest BCUT2D eigenvalue weighted by Crippen LogP contribution is 2.30. The molecule has 3 N–H and O–H groups in total. The Bertz CT molecular complexity index is 724. The molecule has 0 fully saturated rings. The number of hydrogen-bond donors (Lipinski definition) is 2. The van der Waals surface area contributed by atoms with Gasteiger partial charge < -0.3 is 24.9 Å². The minimum atomic E-state index is -0.211. The molecule has 0 bridgehead atoms. The third kappa shape index (κ3) is 5.26. The topological polar surface area (TPSA) is 86.7 Å². The first-order chi connectivity index (χ1) is 12.4. The van der Waals surface area contributed by atoms with Crippen LogP contribution in [0.1, 0.15) is 54.9 Å². The van der Waals surface area contributed by atoms with Crippen molar-refractivity contribution in [1.82, 2.24) is 5.32 Å². The summed E-state index contributed by atoms with van der Waals surface area (Å²) in [6, 6.07) is 7.14. The molecule has 1 aromatic carbocycles. The van der Waals surface area contributed by atoms with Crippen molar-refractivity contribution in [3.8, 4) is 11.5 Å². The normalized spacial score (nSPS) is 12.1. The van der Waals surface area contributed by atoms with E-state index in [2.05, 4.69) is 19.2 Å². The smallest absolute Gasteiger partial charge is 0.255 e. The highest BCUT2D eigenvalue weighted by Gasteiger charge is 2.16. The summed E-state index contributed by atoms with van der Waals surface area (Å²) < 4.78 is 16.4. The first-order valence-electron chi connectivity index (χ1n) is 8.83. The number of nitrogens with one attached hydrogen (secondary N) is 1. The van der Waals surface area contributed by atoms with Gasteiger partial charge in [-0.1, -0.05) is 19.9 Å². The lowest BCUT2D eigenvalue weighted by Gasteiger charge is -2.17. The largest absolute Gasteiger partial charge is 0.493 e. The van der Waals surface area contributed by atoms with Crippen LogP contribution < -0.4 is 20.5 Å². The highest BCUT2D eigenvalue weighted by molar-refractivity contribution is 5.94. The molecule has 1 aromatic heterocycles. The van der Waals surface area contributed by atoms with Crippen molar-refractivity contribution in [2.75, 3.05) is 13.7 Å². The Labute approximate surface area is 154 Å². The fourth-order valence-corrected chi connectivity index (χ4v) is 2.45. The molecule has 0 spiro atoms. The molecule has 1 unspecified atom stereocenters. The summed E-state index contributed by atoms with van der Waals surface area (Å²) in [4.78, 5) is 12.3. The molecule has 0 saturated heterocycles. The Morgan fingerprint density at radius 1 is 1.23 bits per heavy atom. The second-order valence-corrected chi connectivity index (χ2v) is 6.64. The second kappa shape index (κ2) is 9.29. The van der Waals surface area contributed by atoms with Gasteiger partial charge in [-0.25, -0.2) is 0 Å². The van der Waals surface area contributed by atoms with Crippen molar-refractivity contribution in [2.45, 2.75) is 39.8 Å². The van der Waals surface area contributed by atoms with Gasteiger partial charge in [-0.2, -0.15) is 0 Å². The number of nitrogens with two attached hydrogens (primary N) is 1. The van der Waals surface area contributed by atoms with Crippen molar-refractivity contribution in [1.29, 1.82) is 0 Å². The third-order valence-electron chi connectivity index (χ3n) is 4.11. The Morgan fingerprint density at radius 3 is 2.62 bits per heavy atom. The first-order valence-corrected chi connectivity index (χ1v) is 8.83. The number of amides is 1. The highest BCUT2D eigenvalue weighted by atomic mass is 16.5. The zero-order valence-corrected chi connectivity index (χ0v) is 15.9. The minimum Gasteiger partial charge on any atom is -0.493 e. The average Bonchev–Trinajstić information content (AvgIpc) is 3.10. The van der Waals surface area contributed by atoms with Crippen molar-refractivity contribution in [3.05, 3.63) is 47.4 Å². The van der Waals surface area contributed by atoms with Gasteiger partial charge in [-0.05, 0) is 43.0 Å². The summed E-state index contributed by atoms with van der Waals surface area (Å²) in [5.41, 5.74) is 6.88. The molecular weight excluding hydrogens is 332 g/mol. The summed E-state index contributed by atoms with van der Waals surface area (Å²) in [5, 5.41) is 2.94. The van der Waals surface area contributed by atoms with Gasteiger partial charge >= 0.3 is 0 Å².